The maximum Gasteiger partial charge on any atom is 0.310 e. The maximum atomic E-state index is 10.9. The fourth-order valence-electron chi connectivity index (χ4n) is 1.67. The van der Waals surface area contributed by atoms with Crippen molar-refractivity contribution in [3.8, 4) is 0 Å². The SMILES string of the molecule is CC(C)C(CN(C)C)Nc1ccncc1[N+](=O)[O-]. The van der Waals surface area contributed by atoms with Crippen LogP contribution in [0, 0.1) is 16.0 Å². The summed E-state index contributed by atoms with van der Waals surface area (Å²) in [5, 5.41) is 14.1. The molecule has 1 N–H and O–H groups in total. The third-order valence-corrected chi connectivity index (χ3v) is 2.70. The van der Waals surface area contributed by atoms with Gasteiger partial charge in [-0.3, -0.25) is 15.1 Å². The molecule has 0 aliphatic rings. The Balaban J connectivity index is 2.90. The monoisotopic (exact) mass is 252 g/mol. The summed E-state index contributed by atoms with van der Waals surface area (Å²) in [5.74, 6) is 0.375. The molecule has 0 aliphatic heterocycles. The van der Waals surface area contributed by atoms with Gasteiger partial charge in [-0.2, -0.15) is 0 Å². The molecule has 0 saturated carbocycles. The van der Waals surface area contributed by atoms with Crippen LogP contribution in [-0.2, 0) is 0 Å². The number of aromatic nitrogens is 1. The second kappa shape index (κ2) is 6.30. The zero-order chi connectivity index (χ0) is 13.7. The van der Waals surface area contributed by atoms with Gasteiger partial charge in [0.1, 0.15) is 11.9 Å². The molecule has 0 saturated heterocycles. The summed E-state index contributed by atoms with van der Waals surface area (Å²) < 4.78 is 0. The van der Waals surface area contributed by atoms with E-state index in [1.165, 1.54) is 6.20 Å². The van der Waals surface area contributed by atoms with E-state index in [9.17, 15) is 10.1 Å². The van der Waals surface area contributed by atoms with Crippen molar-refractivity contribution >= 4 is 11.4 Å². The van der Waals surface area contributed by atoms with Crippen LogP contribution in [0.4, 0.5) is 11.4 Å². The van der Waals surface area contributed by atoms with Crippen molar-refractivity contribution in [1.82, 2.24) is 9.88 Å². The highest BCUT2D eigenvalue weighted by Gasteiger charge is 2.19. The number of nitro groups is 1. The molecule has 1 heterocycles. The fraction of sp³-hybridized carbons (Fsp3) is 0.583. The van der Waals surface area contributed by atoms with E-state index < -0.39 is 4.92 Å². The van der Waals surface area contributed by atoms with Gasteiger partial charge in [0.05, 0.1) is 4.92 Å². The molecule has 100 valence electrons. The van der Waals surface area contributed by atoms with Crippen molar-refractivity contribution in [3.05, 3.63) is 28.6 Å². The van der Waals surface area contributed by atoms with Gasteiger partial charge in [0, 0.05) is 18.8 Å². The molecule has 1 rings (SSSR count). The van der Waals surface area contributed by atoms with Crippen LogP contribution in [0.25, 0.3) is 0 Å². The summed E-state index contributed by atoms with van der Waals surface area (Å²) >= 11 is 0. The van der Waals surface area contributed by atoms with E-state index in [2.05, 4.69) is 29.0 Å². The van der Waals surface area contributed by atoms with E-state index in [1.54, 1.807) is 12.3 Å². The van der Waals surface area contributed by atoms with E-state index in [4.69, 9.17) is 0 Å². The third-order valence-electron chi connectivity index (χ3n) is 2.70. The highest BCUT2D eigenvalue weighted by atomic mass is 16.6. The first-order valence-electron chi connectivity index (χ1n) is 5.91. The summed E-state index contributed by atoms with van der Waals surface area (Å²) in [6, 6.07) is 1.80. The second-order valence-electron chi connectivity index (χ2n) is 4.91. The minimum atomic E-state index is -0.414. The lowest BCUT2D eigenvalue weighted by Gasteiger charge is -2.26. The number of nitrogens with zero attached hydrogens (tertiary/aromatic N) is 3. The van der Waals surface area contributed by atoms with Crippen LogP contribution in [0.3, 0.4) is 0 Å². The molecule has 1 aromatic heterocycles. The van der Waals surface area contributed by atoms with E-state index in [0.29, 0.717) is 11.6 Å². The van der Waals surface area contributed by atoms with Crippen LogP contribution in [0.1, 0.15) is 13.8 Å². The Labute approximate surface area is 107 Å². The maximum absolute atomic E-state index is 10.9. The number of nitrogens with one attached hydrogen (secondary N) is 1. The van der Waals surface area contributed by atoms with Gasteiger partial charge in [-0.25, -0.2) is 0 Å². The summed E-state index contributed by atoms with van der Waals surface area (Å²) in [6.07, 6.45) is 2.83. The Morgan fingerprint density at radius 1 is 1.50 bits per heavy atom. The zero-order valence-corrected chi connectivity index (χ0v) is 11.3. The average molecular weight is 252 g/mol. The topological polar surface area (TPSA) is 71.3 Å². The van der Waals surface area contributed by atoms with Gasteiger partial charge in [0.2, 0.25) is 0 Å². The number of likely N-dealkylation sites (N-methyl/N-ethyl adjacent to an activating group) is 1. The summed E-state index contributed by atoms with van der Waals surface area (Å²) in [7, 11) is 3.97. The zero-order valence-electron chi connectivity index (χ0n) is 11.3. The Kier molecular flexibility index (Phi) is 5.03. The van der Waals surface area contributed by atoms with Gasteiger partial charge in [0.25, 0.3) is 0 Å². The summed E-state index contributed by atoms with van der Waals surface area (Å²) in [6.45, 7) is 5.00. The lowest BCUT2D eigenvalue weighted by atomic mass is 10.0. The molecule has 0 aromatic carbocycles. The molecule has 1 aromatic rings. The molecule has 1 unspecified atom stereocenters. The summed E-state index contributed by atoms with van der Waals surface area (Å²) in [5.41, 5.74) is 0.539. The molecular weight excluding hydrogens is 232 g/mol. The minimum absolute atomic E-state index is 0.0157. The number of anilines is 1. The van der Waals surface area contributed by atoms with Crippen LogP contribution in [0.2, 0.25) is 0 Å². The van der Waals surface area contributed by atoms with Crippen LogP contribution in [-0.4, -0.2) is 41.5 Å². The Morgan fingerprint density at radius 3 is 2.67 bits per heavy atom. The Hall–Kier alpha value is -1.69. The van der Waals surface area contributed by atoms with Crippen molar-refractivity contribution in [1.29, 1.82) is 0 Å². The fourth-order valence-corrected chi connectivity index (χ4v) is 1.67. The van der Waals surface area contributed by atoms with E-state index in [1.807, 2.05) is 14.1 Å². The molecule has 0 amide bonds. The largest absolute Gasteiger partial charge is 0.375 e. The van der Waals surface area contributed by atoms with Crippen LogP contribution >= 0.6 is 0 Å². The average Bonchev–Trinajstić information content (AvgIpc) is 2.27. The molecule has 0 aliphatic carbocycles. The van der Waals surface area contributed by atoms with Crippen molar-refractivity contribution in [2.45, 2.75) is 19.9 Å². The van der Waals surface area contributed by atoms with Crippen LogP contribution in [0.5, 0.6) is 0 Å². The first kappa shape index (κ1) is 14.4. The van der Waals surface area contributed by atoms with Gasteiger partial charge < -0.3 is 10.2 Å². The Morgan fingerprint density at radius 2 is 2.17 bits per heavy atom. The number of hydrogen-bond acceptors (Lipinski definition) is 5. The second-order valence-corrected chi connectivity index (χ2v) is 4.91. The normalized spacial score (nSPS) is 12.8. The van der Waals surface area contributed by atoms with Gasteiger partial charge >= 0.3 is 5.69 Å². The van der Waals surface area contributed by atoms with Gasteiger partial charge in [-0.1, -0.05) is 13.8 Å². The molecule has 0 bridgehead atoms. The lowest BCUT2D eigenvalue weighted by Crippen LogP contribution is -2.36. The molecule has 6 nitrogen and oxygen atoms in total. The molecule has 0 radical (unpaired) electrons. The first-order valence-corrected chi connectivity index (χ1v) is 5.91. The number of pyridine rings is 1. The third kappa shape index (κ3) is 3.96. The first-order chi connectivity index (χ1) is 8.41. The Bertz CT molecular complexity index is 407. The number of hydrogen-bond donors (Lipinski definition) is 1. The molecule has 18 heavy (non-hydrogen) atoms. The van der Waals surface area contributed by atoms with Crippen molar-refractivity contribution < 1.29 is 4.92 Å². The van der Waals surface area contributed by atoms with Crippen LogP contribution < -0.4 is 5.32 Å². The predicted octanol–water partition coefficient (Wildman–Crippen LogP) is 1.99. The molecule has 0 spiro atoms. The molecule has 6 heteroatoms. The van der Waals surface area contributed by atoms with Crippen molar-refractivity contribution in [2.24, 2.45) is 5.92 Å². The minimum Gasteiger partial charge on any atom is -0.375 e. The van der Waals surface area contributed by atoms with Gasteiger partial charge in [0.15, 0.2) is 0 Å². The standard InChI is InChI=1S/C12H20N4O2/c1-9(2)11(8-15(3)4)14-10-5-6-13-7-12(10)16(17)18/h5-7,9,11H,8H2,1-4H3,(H,13,14). The summed E-state index contributed by atoms with van der Waals surface area (Å²) in [4.78, 5) is 16.3. The van der Waals surface area contributed by atoms with E-state index in [-0.39, 0.29) is 11.7 Å². The highest BCUT2D eigenvalue weighted by Crippen LogP contribution is 2.24. The van der Waals surface area contributed by atoms with Crippen molar-refractivity contribution in [2.75, 3.05) is 26.0 Å². The molecule has 0 fully saturated rings. The quantitative estimate of drug-likeness (QED) is 0.619. The van der Waals surface area contributed by atoms with E-state index >= 15 is 0 Å². The van der Waals surface area contributed by atoms with E-state index in [0.717, 1.165) is 6.54 Å². The van der Waals surface area contributed by atoms with Gasteiger partial charge in [-0.15, -0.1) is 0 Å². The number of rotatable bonds is 6. The highest BCUT2D eigenvalue weighted by molar-refractivity contribution is 5.60. The predicted molar refractivity (Wildman–Crippen MR) is 71.7 cm³/mol. The van der Waals surface area contributed by atoms with Gasteiger partial charge in [-0.05, 0) is 26.1 Å². The lowest BCUT2D eigenvalue weighted by molar-refractivity contribution is -0.384. The molecule has 1 atom stereocenters. The van der Waals surface area contributed by atoms with Crippen LogP contribution in [0.15, 0.2) is 18.5 Å². The smallest absolute Gasteiger partial charge is 0.310 e. The van der Waals surface area contributed by atoms with Crippen molar-refractivity contribution in [3.63, 3.8) is 0 Å². The molecular formula is C12H20N4O2.